The summed E-state index contributed by atoms with van der Waals surface area (Å²) in [6.07, 6.45) is 4.62. The standard InChI is InChI=1S/C14H24N2O4/c1-14(2,6-7-20-3)9-15-13(19)16-11-5-4-10(8-11)12(17)18/h4-5,10-11H,6-9H2,1-3H3,(H,17,18)(H2,15,16,19). The van der Waals surface area contributed by atoms with Crippen LogP contribution in [0.5, 0.6) is 0 Å². The van der Waals surface area contributed by atoms with Gasteiger partial charge in [-0.3, -0.25) is 4.79 Å². The Morgan fingerprint density at radius 3 is 2.65 bits per heavy atom. The van der Waals surface area contributed by atoms with Crippen molar-refractivity contribution in [2.45, 2.75) is 32.7 Å². The van der Waals surface area contributed by atoms with E-state index in [1.807, 2.05) is 0 Å². The van der Waals surface area contributed by atoms with Gasteiger partial charge in [-0.25, -0.2) is 4.79 Å². The molecule has 20 heavy (non-hydrogen) atoms. The third-order valence-electron chi connectivity index (χ3n) is 3.43. The van der Waals surface area contributed by atoms with Gasteiger partial charge in [0.05, 0.1) is 12.0 Å². The van der Waals surface area contributed by atoms with Crippen LogP contribution in [0.2, 0.25) is 0 Å². The fourth-order valence-corrected chi connectivity index (χ4v) is 1.99. The number of amides is 2. The van der Waals surface area contributed by atoms with Gasteiger partial charge >= 0.3 is 12.0 Å². The zero-order valence-corrected chi connectivity index (χ0v) is 12.3. The Kier molecular flexibility index (Phi) is 6.01. The van der Waals surface area contributed by atoms with E-state index in [4.69, 9.17) is 9.84 Å². The van der Waals surface area contributed by atoms with Crippen LogP contribution in [-0.2, 0) is 9.53 Å². The number of hydrogen-bond acceptors (Lipinski definition) is 3. The highest BCUT2D eigenvalue weighted by Crippen LogP contribution is 2.19. The van der Waals surface area contributed by atoms with Crippen molar-refractivity contribution in [3.8, 4) is 0 Å². The fraction of sp³-hybridized carbons (Fsp3) is 0.714. The van der Waals surface area contributed by atoms with Crippen molar-refractivity contribution >= 4 is 12.0 Å². The van der Waals surface area contributed by atoms with Crippen LogP contribution in [0.4, 0.5) is 4.79 Å². The molecular weight excluding hydrogens is 260 g/mol. The highest BCUT2D eigenvalue weighted by molar-refractivity contribution is 5.76. The molecule has 0 heterocycles. The Balaban J connectivity index is 2.28. The lowest BCUT2D eigenvalue weighted by molar-refractivity contribution is -0.140. The van der Waals surface area contributed by atoms with Gasteiger partial charge in [0.15, 0.2) is 0 Å². The molecule has 1 aliphatic rings. The van der Waals surface area contributed by atoms with E-state index in [1.54, 1.807) is 19.3 Å². The van der Waals surface area contributed by atoms with Crippen molar-refractivity contribution in [1.82, 2.24) is 10.6 Å². The number of hydrogen-bond donors (Lipinski definition) is 3. The predicted molar refractivity (Wildman–Crippen MR) is 75.5 cm³/mol. The van der Waals surface area contributed by atoms with Crippen LogP contribution >= 0.6 is 0 Å². The van der Waals surface area contributed by atoms with Crippen LogP contribution in [0.15, 0.2) is 12.2 Å². The molecule has 3 N–H and O–H groups in total. The van der Waals surface area contributed by atoms with Crippen molar-refractivity contribution in [1.29, 1.82) is 0 Å². The van der Waals surface area contributed by atoms with E-state index >= 15 is 0 Å². The number of carbonyl (C=O) groups excluding carboxylic acids is 1. The summed E-state index contributed by atoms with van der Waals surface area (Å²) < 4.78 is 5.03. The Morgan fingerprint density at radius 1 is 1.40 bits per heavy atom. The summed E-state index contributed by atoms with van der Waals surface area (Å²) in [4.78, 5) is 22.6. The van der Waals surface area contributed by atoms with Crippen LogP contribution in [-0.4, -0.2) is 43.4 Å². The number of ether oxygens (including phenoxy) is 1. The summed E-state index contributed by atoms with van der Waals surface area (Å²) in [5.74, 6) is -1.36. The second-order valence-corrected chi connectivity index (χ2v) is 5.91. The molecule has 2 unspecified atom stereocenters. The lowest BCUT2D eigenvalue weighted by atomic mass is 9.90. The first-order valence-electron chi connectivity index (χ1n) is 6.78. The molecule has 0 spiro atoms. The van der Waals surface area contributed by atoms with Crippen molar-refractivity contribution in [2.24, 2.45) is 11.3 Å². The maximum Gasteiger partial charge on any atom is 0.315 e. The molecule has 1 rings (SSSR count). The van der Waals surface area contributed by atoms with Crippen molar-refractivity contribution in [2.75, 3.05) is 20.3 Å². The number of carbonyl (C=O) groups is 2. The van der Waals surface area contributed by atoms with E-state index in [-0.39, 0.29) is 17.5 Å². The fourth-order valence-electron chi connectivity index (χ4n) is 1.99. The average Bonchev–Trinajstić information content (AvgIpc) is 2.83. The van der Waals surface area contributed by atoms with Gasteiger partial charge in [0, 0.05) is 20.3 Å². The highest BCUT2D eigenvalue weighted by atomic mass is 16.5. The third kappa shape index (κ3) is 5.61. The summed E-state index contributed by atoms with van der Waals surface area (Å²) in [6.45, 7) is 5.31. The smallest absolute Gasteiger partial charge is 0.315 e. The van der Waals surface area contributed by atoms with Crippen LogP contribution in [0.3, 0.4) is 0 Å². The van der Waals surface area contributed by atoms with Gasteiger partial charge in [0.25, 0.3) is 0 Å². The summed E-state index contributed by atoms with van der Waals surface area (Å²) in [7, 11) is 1.65. The van der Waals surface area contributed by atoms with E-state index < -0.39 is 11.9 Å². The number of aliphatic carboxylic acids is 1. The zero-order chi connectivity index (χ0) is 15.2. The van der Waals surface area contributed by atoms with Gasteiger partial charge in [0.2, 0.25) is 0 Å². The second kappa shape index (κ2) is 7.28. The highest BCUT2D eigenvalue weighted by Gasteiger charge is 2.26. The third-order valence-corrected chi connectivity index (χ3v) is 3.43. The SMILES string of the molecule is COCCC(C)(C)CNC(=O)NC1C=CC(C(=O)O)C1. The molecular formula is C14H24N2O4. The number of nitrogens with one attached hydrogen (secondary N) is 2. The number of carboxylic acids is 1. The maximum absolute atomic E-state index is 11.8. The Labute approximate surface area is 119 Å². The number of carboxylic acid groups (broad SMARTS) is 1. The van der Waals surface area contributed by atoms with Crippen molar-refractivity contribution in [3.05, 3.63) is 12.2 Å². The first-order valence-corrected chi connectivity index (χ1v) is 6.78. The van der Waals surface area contributed by atoms with Crippen molar-refractivity contribution < 1.29 is 19.4 Å². The minimum Gasteiger partial charge on any atom is -0.481 e. The predicted octanol–water partition coefficient (Wildman–Crippen LogP) is 1.38. The molecule has 0 radical (unpaired) electrons. The van der Waals surface area contributed by atoms with E-state index in [0.29, 0.717) is 19.6 Å². The second-order valence-electron chi connectivity index (χ2n) is 5.91. The summed E-state index contributed by atoms with van der Waals surface area (Å²) >= 11 is 0. The van der Waals surface area contributed by atoms with Gasteiger partial charge in [0.1, 0.15) is 0 Å². The summed E-state index contributed by atoms with van der Waals surface area (Å²) in [5, 5.41) is 14.4. The number of methoxy groups -OCH3 is 1. The average molecular weight is 284 g/mol. The van der Waals surface area contributed by atoms with E-state index in [9.17, 15) is 9.59 Å². The lowest BCUT2D eigenvalue weighted by Gasteiger charge is -2.25. The molecule has 6 heteroatoms. The summed E-state index contributed by atoms with van der Waals surface area (Å²) in [5.41, 5.74) is -0.0392. The van der Waals surface area contributed by atoms with Crippen LogP contribution in [0.1, 0.15) is 26.7 Å². The number of urea groups is 1. The van der Waals surface area contributed by atoms with Gasteiger partial charge in [-0.2, -0.15) is 0 Å². The van der Waals surface area contributed by atoms with E-state index in [1.165, 1.54) is 0 Å². The molecule has 0 aromatic carbocycles. The first-order chi connectivity index (χ1) is 9.34. The van der Waals surface area contributed by atoms with E-state index in [0.717, 1.165) is 6.42 Å². The monoisotopic (exact) mass is 284 g/mol. The van der Waals surface area contributed by atoms with Crippen LogP contribution < -0.4 is 10.6 Å². The zero-order valence-electron chi connectivity index (χ0n) is 12.3. The van der Waals surface area contributed by atoms with Gasteiger partial charge in [-0.15, -0.1) is 0 Å². The molecule has 0 fully saturated rings. The molecule has 0 aliphatic heterocycles. The van der Waals surface area contributed by atoms with Crippen LogP contribution in [0.25, 0.3) is 0 Å². The molecule has 0 saturated carbocycles. The largest absolute Gasteiger partial charge is 0.481 e. The number of rotatable bonds is 7. The molecule has 0 bridgehead atoms. The molecule has 0 saturated heterocycles. The topological polar surface area (TPSA) is 87.7 Å². The van der Waals surface area contributed by atoms with E-state index in [2.05, 4.69) is 24.5 Å². The Hall–Kier alpha value is -1.56. The minimum absolute atomic E-state index is 0.0392. The maximum atomic E-state index is 11.8. The molecule has 6 nitrogen and oxygen atoms in total. The van der Waals surface area contributed by atoms with Gasteiger partial charge in [-0.1, -0.05) is 26.0 Å². The molecule has 2 amide bonds. The normalized spacial score (nSPS) is 21.8. The molecule has 1 aliphatic carbocycles. The van der Waals surface area contributed by atoms with Gasteiger partial charge < -0.3 is 20.5 Å². The molecule has 0 aromatic heterocycles. The van der Waals surface area contributed by atoms with Gasteiger partial charge in [-0.05, 0) is 18.3 Å². The lowest BCUT2D eigenvalue weighted by Crippen LogP contribution is -2.44. The van der Waals surface area contributed by atoms with Crippen LogP contribution in [0, 0.1) is 11.3 Å². The Morgan fingerprint density at radius 2 is 2.10 bits per heavy atom. The molecule has 2 atom stereocenters. The summed E-state index contributed by atoms with van der Waals surface area (Å²) in [6, 6.07) is -0.477. The molecule has 114 valence electrons. The minimum atomic E-state index is -0.855. The van der Waals surface area contributed by atoms with Crippen molar-refractivity contribution in [3.63, 3.8) is 0 Å². The Bertz CT molecular complexity index is 379. The quantitative estimate of drug-likeness (QED) is 0.616. The molecule has 0 aromatic rings. The first kappa shape index (κ1) is 16.5.